The van der Waals surface area contributed by atoms with E-state index in [4.69, 9.17) is 18.0 Å². The van der Waals surface area contributed by atoms with Crippen molar-refractivity contribution in [2.24, 2.45) is 11.7 Å². The first-order chi connectivity index (χ1) is 10.1. The highest BCUT2D eigenvalue weighted by Crippen LogP contribution is 2.23. The van der Waals surface area contributed by atoms with Gasteiger partial charge in [0, 0.05) is 17.7 Å². The molecule has 2 rings (SSSR count). The predicted octanol–water partition coefficient (Wildman–Crippen LogP) is 3.86. The van der Waals surface area contributed by atoms with Crippen LogP contribution in [0.3, 0.4) is 0 Å². The lowest BCUT2D eigenvalue weighted by Crippen LogP contribution is -2.25. The van der Waals surface area contributed by atoms with E-state index in [9.17, 15) is 4.39 Å². The van der Waals surface area contributed by atoms with Gasteiger partial charge < -0.3 is 5.73 Å². The average Bonchev–Trinajstić information content (AvgIpc) is 2.67. The molecule has 1 saturated heterocycles. The molecule has 1 aromatic rings. The minimum absolute atomic E-state index is 0.199. The van der Waals surface area contributed by atoms with Crippen molar-refractivity contribution in [1.82, 2.24) is 4.90 Å². The van der Waals surface area contributed by atoms with Crippen LogP contribution in [-0.4, -0.2) is 23.0 Å². The zero-order valence-electron chi connectivity index (χ0n) is 12.8. The second kappa shape index (κ2) is 7.85. The van der Waals surface area contributed by atoms with Gasteiger partial charge in [0.2, 0.25) is 0 Å². The fraction of sp³-hybridized carbons (Fsp3) is 0.588. The number of rotatable bonds is 5. The summed E-state index contributed by atoms with van der Waals surface area (Å²) in [5, 5.41) is 0. The maximum absolute atomic E-state index is 14.1. The number of nitrogens with two attached hydrogens (primary N) is 1. The molecule has 1 atom stereocenters. The zero-order chi connectivity index (χ0) is 15.2. The number of nitrogens with zero attached hydrogens (tertiary/aromatic N) is 1. The van der Waals surface area contributed by atoms with Gasteiger partial charge in [-0.25, -0.2) is 4.39 Å². The quantitative estimate of drug-likeness (QED) is 0.838. The third-order valence-corrected chi connectivity index (χ3v) is 4.60. The number of thiocarbonyl (C=S) groups is 1. The third-order valence-electron chi connectivity index (χ3n) is 4.37. The summed E-state index contributed by atoms with van der Waals surface area (Å²) in [6.45, 7) is 5.07. The van der Waals surface area contributed by atoms with Gasteiger partial charge in [-0.15, -0.1) is 0 Å². The summed E-state index contributed by atoms with van der Waals surface area (Å²) < 4.78 is 14.1. The Bertz CT molecular complexity index is 490. The summed E-state index contributed by atoms with van der Waals surface area (Å²) in [6, 6.07) is 5.09. The van der Waals surface area contributed by atoms with Gasteiger partial charge in [0.05, 0.1) is 0 Å². The van der Waals surface area contributed by atoms with E-state index in [0.29, 0.717) is 12.1 Å². The first-order valence-corrected chi connectivity index (χ1v) is 8.31. The molecule has 0 aromatic heterocycles. The van der Waals surface area contributed by atoms with Crippen molar-refractivity contribution in [3.05, 3.63) is 35.1 Å². The van der Waals surface area contributed by atoms with Gasteiger partial charge in [-0.1, -0.05) is 44.1 Å². The highest BCUT2D eigenvalue weighted by molar-refractivity contribution is 7.80. The Morgan fingerprint density at radius 3 is 2.86 bits per heavy atom. The van der Waals surface area contributed by atoms with Gasteiger partial charge >= 0.3 is 0 Å². The molecule has 0 saturated carbocycles. The second-order valence-electron chi connectivity index (χ2n) is 6.03. The van der Waals surface area contributed by atoms with E-state index < -0.39 is 0 Å². The zero-order valence-corrected chi connectivity index (χ0v) is 13.6. The molecule has 1 unspecified atom stereocenters. The molecule has 0 bridgehead atoms. The first kappa shape index (κ1) is 16.4. The summed E-state index contributed by atoms with van der Waals surface area (Å²) >= 11 is 4.88. The second-order valence-corrected chi connectivity index (χ2v) is 6.47. The van der Waals surface area contributed by atoms with Crippen molar-refractivity contribution in [3.8, 4) is 0 Å². The van der Waals surface area contributed by atoms with Gasteiger partial charge in [-0.05, 0) is 44.3 Å². The molecule has 1 aliphatic rings. The fourth-order valence-corrected chi connectivity index (χ4v) is 3.28. The molecule has 0 radical (unpaired) electrons. The van der Waals surface area contributed by atoms with Gasteiger partial charge in [0.15, 0.2) is 0 Å². The molecular formula is C17H25FN2S. The topological polar surface area (TPSA) is 29.3 Å². The first-order valence-electron chi connectivity index (χ1n) is 7.90. The van der Waals surface area contributed by atoms with E-state index in [1.54, 1.807) is 0 Å². The third kappa shape index (κ3) is 4.75. The van der Waals surface area contributed by atoms with E-state index in [0.717, 1.165) is 24.6 Å². The largest absolute Gasteiger partial charge is 0.389 e. The summed E-state index contributed by atoms with van der Waals surface area (Å²) in [4.78, 5) is 2.62. The van der Waals surface area contributed by atoms with Crippen LogP contribution < -0.4 is 5.73 Å². The SMILES string of the molecule is CCCC1CCCN(Cc2ccc(C(N)=S)cc2F)CC1. The lowest BCUT2D eigenvalue weighted by molar-refractivity contribution is 0.267. The molecule has 1 aliphatic heterocycles. The van der Waals surface area contributed by atoms with Gasteiger partial charge in [-0.3, -0.25) is 4.90 Å². The van der Waals surface area contributed by atoms with Crippen molar-refractivity contribution in [2.45, 2.75) is 45.6 Å². The molecule has 21 heavy (non-hydrogen) atoms. The molecular weight excluding hydrogens is 283 g/mol. The highest BCUT2D eigenvalue weighted by atomic mass is 32.1. The van der Waals surface area contributed by atoms with Crippen LogP contribution in [0.1, 0.15) is 50.2 Å². The lowest BCUT2D eigenvalue weighted by atomic mass is 9.96. The summed E-state index contributed by atoms with van der Waals surface area (Å²) in [7, 11) is 0. The Kier molecular flexibility index (Phi) is 6.12. The van der Waals surface area contributed by atoms with E-state index in [1.165, 1.54) is 38.2 Å². The smallest absolute Gasteiger partial charge is 0.128 e. The van der Waals surface area contributed by atoms with E-state index in [2.05, 4.69) is 11.8 Å². The number of hydrogen-bond donors (Lipinski definition) is 1. The molecule has 2 nitrogen and oxygen atoms in total. The van der Waals surface area contributed by atoms with Crippen LogP contribution in [0.15, 0.2) is 18.2 Å². The van der Waals surface area contributed by atoms with E-state index >= 15 is 0 Å². The van der Waals surface area contributed by atoms with Gasteiger partial charge in [-0.2, -0.15) is 0 Å². The highest BCUT2D eigenvalue weighted by Gasteiger charge is 2.17. The van der Waals surface area contributed by atoms with E-state index in [1.807, 2.05) is 12.1 Å². The van der Waals surface area contributed by atoms with Crippen molar-refractivity contribution in [3.63, 3.8) is 0 Å². The molecule has 0 spiro atoms. The van der Waals surface area contributed by atoms with Crippen LogP contribution in [0.4, 0.5) is 4.39 Å². The minimum Gasteiger partial charge on any atom is -0.389 e. The number of benzene rings is 1. The van der Waals surface area contributed by atoms with Crippen molar-refractivity contribution in [1.29, 1.82) is 0 Å². The van der Waals surface area contributed by atoms with Crippen LogP contribution in [0, 0.1) is 11.7 Å². The average molecular weight is 308 g/mol. The number of likely N-dealkylation sites (tertiary alicyclic amines) is 1. The molecule has 4 heteroatoms. The van der Waals surface area contributed by atoms with Crippen LogP contribution in [0.5, 0.6) is 0 Å². The van der Waals surface area contributed by atoms with Gasteiger partial charge in [0.1, 0.15) is 10.8 Å². The number of hydrogen-bond acceptors (Lipinski definition) is 2. The Morgan fingerprint density at radius 1 is 1.38 bits per heavy atom. The molecule has 1 heterocycles. The van der Waals surface area contributed by atoms with Crippen LogP contribution in [0.2, 0.25) is 0 Å². The van der Waals surface area contributed by atoms with Crippen molar-refractivity contribution in [2.75, 3.05) is 13.1 Å². The van der Waals surface area contributed by atoms with Crippen LogP contribution in [-0.2, 0) is 6.54 Å². The Balaban J connectivity index is 1.97. The monoisotopic (exact) mass is 308 g/mol. The van der Waals surface area contributed by atoms with Crippen LogP contribution in [0.25, 0.3) is 0 Å². The minimum atomic E-state index is -0.199. The summed E-state index contributed by atoms with van der Waals surface area (Å²) in [6.07, 6.45) is 6.36. The van der Waals surface area contributed by atoms with Crippen molar-refractivity contribution < 1.29 is 4.39 Å². The fourth-order valence-electron chi connectivity index (χ4n) is 3.15. The van der Waals surface area contributed by atoms with Gasteiger partial charge in [0.25, 0.3) is 0 Å². The van der Waals surface area contributed by atoms with E-state index in [-0.39, 0.29) is 10.8 Å². The van der Waals surface area contributed by atoms with Crippen LogP contribution >= 0.6 is 12.2 Å². The Morgan fingerprint density at radius 2 is 2.19 bits per heavy atom. The molecule has 0 amide bonds. The Labute approximate surface area is 132 Å². The maximum atomic E-state index is 14.1. The summed E-state index contributed by atoms with van der Waals surface area (Å²) in [5.41, 5.74) is 6.88. The standard InChI is InChI=1S/C17H25FN2S/c1-2-4-13-5-3-9-20(10-8-13)12-15-7-6-14(17(19)21)11-16(15)18/h6-7,11,13H,2-5,8-10,12H2,1H3,(H2,19,21). The van der Waals surface area contributed by atoms with Crippen molar-refractivity contribution >= 4 is 17.2 Å². The molecule has 116 valence electrons. The Hall–Kier alpha value is -1.00. The molecule has 2 N–H and O–H groups in total. The lowest BCUT2D eigenvalue weighted by Gasteiger charge is -2.20. The molecule has 1 aromatic carbocycles. The summed E-state index contributed by atoms with van der Waals surface area (Å²) in [5.74, 6) is 0.650. The molecule has 0 aliphatic carbocycles. The normalized spacial score (nSPS) is 20.2. The predicted molar refractivity (Wildman–Crippen MR) is 89.8 cm³/mol. The maximum Gasteiger partial charge on any atom is 0.128 e. The molecule has 1 fully saturated rings. The number of halogens is 1.